The van der Waals surface area contributed by atoms with E-state index in [2.05, 4.69) is 40.7 Å². The molecule has 0 radical (unpaired) electrons. The van der Waals surface area contributed by atoms with Crippen LogP contribution in [0.2, 0.25) is 0 Å². The van der Waals surface area contributed by atoms with Crippen molar-refractivity contribution >= 4 is 11.6 Å². The van der Waals surface area contributed by atoms with Crippen molar-refractivity contribution in [3.63, 3.8) is 0 Å². The van der Waals surface area contributed by atoms with Crippen molar-refractivity contribution < 1.29 is 4.79 Å². The van der Waals surface area contributed by atoms with Gasteiger partial charge in [-0.25, -0.2) is 0 Å². The molecule has 4 nitrogen and oxygen atoms in total. The fourth-order valence-corrected chi connectivity index (χ4v) is 1.97. The average molecular weight is 249 g/mol. The SMILES string of the molecule is CNCc1ccc(N(C)CCC(=O)NC)c(C)c1. The largest absolute Gasteiger partial charge is 0.374 e. The molecule has 0 fully saturated rings. The zero-order chi connectivity index (χ0) is 13.5. The maximum Gasteiger partial charge on any atom is 0.221 e. The Kier molecular flexibility index (Phi) is 5.65. The molecule has 0 bridgehead atoms. The van der Waals surface area contributed by atoms with E-state index in [1.165, 1.54) is 16.8 Å². The number of hydrogen-bond acceptors (Lipinski definition) is 3. The van der Waals surface area contributed by atoms with E-state index in [-0.39, 0.29) is 5.91 Å². The highest BCUT2D eigenvalue weighted by molar-refractivity contribution is 5.76. The minimum Gasteiger partial charge on any atom is -0.374 e. The lowest BCUT2D eigenvalue weighted by molar-refractivity contribution is -0.120. The molecule has 0 heterocycles. The van der Waals surface area contributed by atoms with Gasteiger partial charge in [-0.15, -0.1) is 0 Å². The fourth-order valence-electron chi connectivity index (χ4n) is 1.97. The molecule has 2 N–H and O–H groups in total. The van der Waals surface area contributed by atoms with Gasteiger partial charge >= 0.3 is 0 Å². The van der Waals surface area contributed by atoms with Crippen LogP contribution in [0.25, 0.3) is 0 Å². The minimum atomic E-state index is 0.0753. The monoisotopic (exact) mass is 249 g/mol. The van der Waals surface area contributed by atoms with Gasteiger partial charge in [-0.3, -0.25) is 4.79 Å². The van der Waals surface area contributed by atoms with Gasteiger partial charge in [0.25, 0.3) is 0 Å². The van der Waals surface area contributed by atoms with Gasteiger partial charge < -0.3 is 15.5 Å². The lowest BCUT2D eigenvalue weighted by atomic mass is 10.1. The summed E-state index contributed by atoms with van der Waals surface area (Å²) in [5.41, 5.74) is 3.69. The second-order valence-electron chi connectivity index (χ2n) is 4.50. The summed E-state index contributed by atoms with van der Waals surface area (Å²) in [7, 11) is 5.63. The van der Waals surface area contributed by atoms with Crippen LogP contribution in [0.1, 0.15) is 17.5 Å². The van der Waals surface area contributed by atoms with Crippen LogP contribution in [-0.4, -0.2) is 33.6 Å². The van der Waals surface area contributed by atoms with Crippen LogP contribution in [0, 0.1) is 6.92 Å². The van der Waals surface area contributed by atoms with Gasteiger partial charge in [-0.05, 0) is 31.2 Å². The summed E-state index contributed by atoms with van der Waals surface area (Å²) in [5.74, 6) is 0.0753. The zero-order valence-electron chi connectivity index (χ0n) is 11.7. The zero-order valence-corrected chi connectivity index (χ0v) is 11.7. The predicted molar refractivity (Wildman–Crippen MR) is 75.9 cm³/mol. The van der Waals surface area contributed by atoms with Crippen molar-refractivity contribution in [2.75, 3.05) is 32.6 Å². The van der Waals surface area contributed by atoms with Crippen molar-refractivity contribution in [1.82, 2.24) is 10.6 Å². The highest BCUT2D eigenvalue weighted by Gasteiger charge is 2.07. The summed E-state index contributed by atoms with van der Waals surface area (Å²) in [6, 6.07) is 6.42. The number of nitrogens with one attached hydrogen (secondary N) is 2. The summed E-state index contributed by atoms with van der Waals surface area (Å²) in [4.78, 5) is 13.3. The molecule has 0 aliphatic rings. The molecule has 0 saturated carbocycles. The Bertz CT molecular complexity index is 404. The van der Waals surface area contributed by atoms with Gasteiger partial charge in [-0.2, -0.15) is 0 Å². The molecule has 1 aromatic carbocycles. The topological polar surface area (TPSA) is 44.4 Å². The first-order valence-electron chi connectivity index (χ1n) is 6.24. The Morgan fingerprint density at radius 3 is 2.61 bits per heavy atom. The van der Waals surface area contributed by atoms with E-state index in [0.29, 0.717) is 6.42 Å². The Balaban J connectivity index is 2.68. The van der Waals surface area contributed by atoms with Crippen LogP contribution in [0.5, 0.6) is 0 Å². The molecule has 18 heavy (non-hydrogen) atoms. The number of hydrogen-bond donors (Lipinski definition) is 2. The third-order valence-electron chi connectivity index (χ3n) is 3.01. The normalized spacial score (nSPS) is 10.2. The van der Waals surface area contributed by atoms with Crippen LogP contribution in [0.4, 0.5) is 5.69 Å². The number of aryl methyl sites for hydroxylation is 1. The smallest absolute Gasteiger partial charge is 0.221 e. The van der Waals surface area contributed by atoms with Gasteiger partial charge in [-0.1, -0.05) is 12.1 Å². The molecule has 0 aromatic heterocycles. The average Bonchev–Trinajstić information content (AvgIpc) is 2.36. The Morgan fingerprint density at radius 1 is 1.33 bits per heavy atom. The third kappa shape index (κ3) is 4.04. The van der Waals surface area contributed by atoms with E-state index >= 15 is 0 Å². The lowest BCUT2D eigenvalue weighted by Gasteiger charge is -2.21. The van der Waals surface area contributed by atoms with E-state index in [1.54, 1.807) is 7.05 Å². The maximum absolute atomic E-state index is 11.2. The van der Waals surface area contributed by atoms with Crippen LogP contribution < -0.4 is 15.5 Å². The van der Waals surface area contributed by atoms with E-state index in [4.69, 9.17) is 0 Å². The van der Waals surface area contributed by atoms with Gasteiger partial charge in [0, 0.05) is 39.3 Å². The van der Waals surface area contributed by atoms with Crippen LogP contribution in [-0.2, 0) is 11.3 Å². The van der Waals surface area contributed by atoms with Crippen LogP contribution in [0.3, 0.4) is 0 Å². The molecule has 0 spiro atoms. The van der Waals surface area contributed by atoms with E-state index < -0.39 is 0 Å². The molecular weight excluding hydrogens is 226 g/mol. The van der Waals surface area contributed by atoms with Gasteiger partial charge in [0.15, 0.2) is 0 Å². The Labute approximate surface area is 109 Å². The number of benzene rings is 1. The standard InChI is InChI=1S/C14H23N3O/c1-11-9-12(10-15-2)5-6-13(11)17(4)8-7-14(18)16-3/h5-6,9,15H,7-8,10H2,1-4H3,(H,16,18). The molecule has 1 amide bonds. The van der Waals surface area contributed by atoms with Crippen LogP contribution >= 0.6 is 0 Å². The van der Waals surface area contributed by atoms with Crippen LogP contribution in [0.15, 0.2) is 18.2 Å². The van der Waals surface area contributed by atoms with E-state index in [1.807, 2.05) is 14.1 Å². The molecule has 1 rings (SSSR count). The van der Waals surface area contributed by atoms with E-state index in [0.717, 1.165) is 13.1 Å². The van der Waals surface area contributed by atoms with Crippen molar-refractivity contribution in [1.29, 1.82) is 0 Å². The molecule has 4 heteroatoms. The molecular formula is C14H23N3O. The highest BCUT2D eigenvalue weighted by Crippen LogP contribution is 2.20. The highest BCUT2D eigenvalue weighted by atomic mass is 16.1. The summed E-state index contributed by atoms with van der Waals surface area (Å²) in [6.07, 6.45) is 0.519. The number of nitrogens with zero attached hydrogens (tertiary/aromatic N) is 1. The van der Waals surface area contributed by atoms with Gasteiger partial charge in [0.1, 0.15) is 0 Å². The lowest BCUT2D eigenvalue weighted by Crippen LogP contribution is -2.26. The quantitative estimate of drug-likeness (QED) is 0.798. The number of amides is 1. The molecule has 0 aliphatic carbocycles. The first kappa shape index (κ1) is 14.5. The molecule has 0 aliphatic heterocycles. The predicted octanol–water partition coefficient (Wildman–Crippen LogP) is 1.29. The first-order valence-corrected chi connectivity index (χ1v) is 6.24. The minimum absolute atomic E-state index is 0.0753. The molecule has 0 saturated heterocycles. The summed E-state index contributed by atoms with van der Waals surface area (Å²) < 4.78 is 0. The maximum atomic E-state index is 11.2. The van der Waals surface area contributed by atoms with Gasteiger partial charge in [0.05, 0.1) is 0 Å². The number of carbonyl (C=O) groups is 1. The van der Waals surface area contributed by atoms with Crippen molar-refractivity contribution in [2.45, 2.75) is 19.9 Å². The van der Waals surface area contributed by atoms with Crippen molar-refractivity contribution in [3.05, 3.63) is 29.3 Å². The second kappa shape index (κ2) is 7.01. The number of anilines is 1. The molecule has 1 aromatic rings. The Morgan fingerprint density at radius 2 is 2.06 bits per heavy atom. The third-order valence-corrected chi connectivity index (χ3v) is 3.01. The Hall–Kier alpha value is -1.55. The molecule has 0 unspecified atom stereocenters. The fraction of sp³-hybridized carbons (Fsp3) is 0.500. The number of rotatable bonds is 6. The summed E-state index contributed by atoms with van der Waals surface area (Å²) >= 11 is 0. The van der Waals surface area contributed by atoms with Gasteiger partial charge in [0.2, 0.25) is 5.91 Å². The summed E-state index contributed by atoms with van der Waals surface area (Å²) in [6.45, 7) is 3.71. The molecule has 100 valence electrons. The second-order valence-corrected chi connectivity index (χ2v) is 4.50. The first-order chi connectivity index (χ1) is 8.58. The number of carbonyl (C=O) groups excluding carboxylic acids is 1. The van der Waals surface area contributed by atoms with E-state index in [9.17, 15) is 4.79 Å². The van der Waals surface area contributed by atoms with Crippen molar-refractivity contribution in [2.24, 2.45) is 0 Å². The van der Waals surface area contributed by atoms with Crippen molar-refractivity contribution in [3.8, 4) is 0 Å². The summed E-state index contributed by atoms with van der Waals surface area (Å²) in [5, 5.41) is 5.78. The molecule has 0 atom stereocenters.